The van der Waals surface area contributed by atoms with Gasteiger partial charge in [-0.05, 0) is 27.7 Å². The van der Waals surface area contributed by atoms with E-state index in [4.69, 9.17) is 9.05 Å². The van der Waals surface area contributed by atoms with Crippen LogP contribution in [0.4, 0.5) is 0 Å². The van der Waals surface area contributed by atoms with Crippen LogP contribution in [0.1, 0.15) is 27.7 Å². The molecule has 8 heteroatoms. The van der Waals surface area contributed by atoms with Crippen molar-refractivity contribution in [2.75, 3.05) is 14.2 Å². The first-order valence-electron chi connectivity index (χ1n) is 5.23. The summed E-state index contributed by atoms with van der Waals surface area (Å²) in [5, 5.41) is 7.12. The van der Waals surface area contributed by atoms with Crippen LogP contribution in [0, 0.1) is 0 Å². The van der Waals surface area contributed by atoms with Crippen LogP contribution in [0.15, 0.2) is 10.3 Å². The van der Waals surface area contributed by atoms with E-state index in [2.05, 4.69) is 20.0 Å². The highest BCUT2D eigenvalue weighted by Gasteiger charge is 2.38. The summed E-state index contributed by atoms with van der Waals surface area (Å²) in [5.41, 5.74) is -1.73. The van der Waals surface area contributed by atoms with Gasteiger partial charge in [0.2, 0.25) is 0 Å². The van der Waals surface area contributed by atoms with Crippen molar-refractivity contribution in [2.45, 2.75) is 38.9 Å². The van der Waals surface area contributed by atoms with Gasteiger partial charge in [-0.2, -0.15) is 0 Å². The molecule has 0 spiro atoms. The molecule has 7 nitrogen and oxygen atoms in total. The van der Waals surface area contributed by atoms with Gasteiger partial charge in [0, 0.05) is 4.57 Å². The Balaban J connectivity index is 4.42. The van der Waals surface area contributed by atoms with Crippen molar-refractivity contribution in [1.82, 2.24) is 0 Å². The highest BCUT2D eigenvalue weighted by Crippen LogP contribution is 2.34. The van der Waals surface area contributed by atoms with Crippen LogP contribution in [0.2, 0.25) is 0 Å². The summed E-state index contributed by atoms with van der Waals surface area (Å²) < 4.78 is 22.1. The Kier molecular flexibility index (Phi) is 6.98. The standard InChI is InChI=1S/C10H20N2O5P/c1-9(2,7-11-14-5)16-18(13)17-10(3,4)8-12-15-6/h7-8H,1-6H3/q+1/b11-7+,12-8+. The Morgan fingerprint density at radius 3 is 1.50 bits per heavy atom. The molecule has 0 fully saturated rings. The van der Waals surface area contributed by atoms with Gasteiger partial charge in [-0.15, -0.1) is 9.05 Å². The Labute approximate surface area is 108 Å². The largest absolute Gasteiger partial charge is 0.699 e. The zero-order valence-electron chi connectivity index (χ0n) is 11.5. The van der Waals surface area contributed by atoms with E-state index in [9.17, 15) is 4.57 Å². The lowest BCUT2D eigenvalue weighted by molar-refractivity contribution is 0.107. The Morgan fingerprint density at radius 1 is 0.889 bits per heavy atom. The number of hydrogen-bond acceptors (Lipinski definition) is 7. The number of rotatable bonds is 8. The van der Waals surface area contributed by atoms with Crippen LogP contribution >= 0.6 is 8.25 Å². The van der Waals surface area contributed by atoms with E-state index >= 15 is 0 Å². The molecule has 0 rings (SSSR count). The number of hydrogen-bond donors (Lipinski definition) is 0. The summed E-state index contributed by atoms with van der Waals surface area (Å²) >= 11 is 0. The van der Waals surface area contributed by atoms with Gasteiger partial charge in [-0.1, -0.05) is 10.3 Å². The summed E-state index contributed by atoms with van der Waals surface area (Å²) in [5.74, 6) is 0. The highest BCUT2D eigenvalue weighted by molar-refractivity contribution is 7.33. The molecule has 0 aromatic rings. The smallest absolute Gasteiger partial charge is 0.399 e. The van der Waals surface area contributed by atoms with Crippen LogP contribution in [-0.4, -0.2) is 37.9 Å². The molecule has 0 aromatic carbocycles. The fraction of sp³-hybridized carbons (Fsp3) is 0.800. The lowest BCUT2D eigenvalue weighted by Crippen LogP contribution is -2.27. The van der Waals surface area contributed by atoms with Gasteiger partial charge in [-0.25, -0.2) is 0 Å². The van der Waals surface area contributed by atoms with Crippen LogP contribution in [-0.2, 0) is 23.3 Å². The fourth-order valence-electron chi connectivity index (χ4n) is 0.809. The SMILES string of the molecule is CO/N=C/C(C)(C)O[P+](=O)OC(C)(C)/C=N/OC. The van der Waals surface area contributed by atoms with Gasteiger partial charge >= 0.3 is 8.25 Å². The van der Waals surface area contributed by atoms with Crippen LogP contribution < -0.4 is 0 Å². The van der Waals surface area contributed by atoms with E-state index < -0.39 is 19.5 Å². The first-order valence-corrected chi connectivity index (χ1v) is 6.33. The average Bonchev–Trinajstić information content (AvgIpc) is 2.22. The minimum absolute atomic E-state index is 0.863. The Hall–Kier alpha value is -1.04. The summed E-state index contributed by atoms with van der Waals surface area (Å²) in [4.78, 5) is 9.06. The van der Waals surface area contributed by atoms with Crippen molar-refractivity contribution < 1.29 is 23.3 Å². The van der Waals surface area contributed by atoms with E-state index in [0.717, 1.165) is 0 Å². The van der Waals surface area contributed by atoms with Crippen molar-refractivity contribution in [3.63, 3.8) is 0 Å². The van der Waals surface area contributed by atoms with Gasteiger partial charge in [0.05, 0.1) is 12.4 Å². The second kappa shape index (κ2) is 7.41. The molecule has 0 N–H and O–H groups in total. The molecule has 0 aliphatic heterocycles. The van der Waals surface area contributed by atoms with E-state index in [1.54, 1.807) is 27.7 Å². The fourth-order valence-corrected chi connectivity index (χ4v) is 1.71. The van der Waals surface area contributed by atoms with Gasteiger partial charge in [0.1, 0.15) is 14.2 Å². The maximum Gasteiger partial charge on any atom is 0.699 e. The quantitative estimate of drug-likeness (QED) is 0.387. The molecule has 0 heterocycles. The third-order valence-corrected chi connectivity index (χ3v) is 2.80. The topological polar surface area (TPSA) is 78.7 Å². The molecular formula is C10H20N2O5P+. The van der Waals surface area contributed by atoms with Gasteiger partial charge in [-0.3, -0.25) is 0 Å². The van der Waals surface area contributed by atoms with Crippen molar-refractivity contribution in [3.05, 3.63) is 0 Å². The van der Waals surface area contributed by atoms with Gasteiger partial charge in [0.15, 0.2) is 11.2 Å². The van der Waals surface area contributed by atoms with Crippen LogP contribution in [0.3, 0.4) is 0 Å². The molecule has 0 saturated carbocycles. The van der Waals surface area contributed by atoms with Gasteiger partial charge in [0.25, 0.3) is 0 Å². The van der Waals surface area contributed by atoms with Crippen LogP contribution in [0.25, 0.3) is 0 Å². The first-order chi connectivity index (χ1) is 8.22. The Bertz CT molecular complexity index is 298. The summed E-state index contributed by atoms with van der Waals surface area (Å²) in [6.45, 7) is 6.73. The summed E-state index contributed by atoms with van der Waals surface area (Å²) in [6.07, 6.45) is 2.78. The molecule has 104 valence electrons. The highest BCUT2D eigenvalue weighted by atomic mass is 31.1. The average molecular weight is 279 g/mol. The summed E-state index contributed by atoms with van der Waals surface area (Å²) in [6, 6.07) is 0. The molecule has 0 unspecified atom stereocenters. The predicted octanol–water partition coefficient (Wildman–Crippen LogP) is 2.50. The minimum Gasteiger partial charge on any atom is -0.399 e. The van der Waals surface area contributed by atoms with Crippen molar-refractivity contribution >= 4 is 20.7 Å². The van der Waals surface area contributed by atoms with E-state index in [1.807, 2.05) is 0 Å². The maximum atomic E-state index is 11.7. The molecule has 0 saturated heterocycles. The van der Waals surface area contributed by atoms with Crippen molar-refractivity contribution in [2.24, 2.45) is 10.3 Å². The molecular weight excluding hydrogens is 259 g/mol. The molecule has 0 amide bonds. The number of nitrogens with zero attached hydrogens (tertiary/aromatic N) is 2. The minimum atomic E-state index is -2.33. The van der Waals surface area contributed by atoms with E-state index in [1.165, 1.54) is 26.6 Å². The zero-order valence-corrected chi connectivity index (χ0v) is 12.4. The van der Waals surface area contributed by atoms with Crippen molar-refractivity contribution in [3.8, 4) is 0 Å². The molecule has 18 heavy (non-hydrogen) atoms. The number of oxime groups is 2. The van der Waals surface area contributed by atoms with Gasteiger partial charge < -0.3 is 9.68 Å². The lowest BCUT2D eigenvalue weighted by atomic mass is 10.2. The Morgan fingerprint density at radius 2 is 1.22 bits per heavy atom. The second-order valence-corrected chi connectivity index (χ2v) is 5.26. The third-order valence-electron chi connectivity index (χ3n) is 1.56. The van der Waals surface area contributed by atoms with Crippen LogP contribution in [0.5, 0.6) is 0 Å². The molecule has 0 bridgehead atoms. The first kappa shape index (κ1) is 17.0. The van der Waals surface area contributed by atoms with Crippen molar-refractivity contribution in [1.29, 1.82) is 0 Å². The molecule has 0 atom stereocenters. The van der Waals surface area contributed by atoms with E-state index in [-0.39, 0.29) is 0 Å². The molecule has 0 aliphatic carbocycles. The predicted molar refractivity (Wildman–Crippen MR) is 68.9 cm³/mol. The van der Waals surface area contributed by atoms with E-state index in [0.29, 0.717) is 0 Å². The maximum absolute atomic E-state index is 11.7. The molecule has 0 aromatic heterocycles. The third kappa shape index (κ3) is 8.11. The second-order valence-electron chi connectivity index (χ2n) is 4.45. The zero-order chi connectivity index (χ0) is 14.2. The monoisotopic (exact) mass is 279 g/mol. The molecule has 0 radical (unpaired) electrons. The normalized spacial score (nSPS) is 13.2. The summed E-state index contributed by atoms with van der Waals surface area (Å²) in [7, 11) is 0.487. The lowest BCUT2D eigenvalue weighted by Gasteiger charge is -2.13. The molecule has 0 aliphatic rings.